The van der Waals surface area contributed by atoms with Crippen LogP contribution in [0.25, 0.3) is 0 Å². The molecule has 2 aliphatic rings. The first-order valence-corrected chi connectivity index (χ1v) is 5.68. The fourth-order valence-electron chi connectivity index (χ4n) is 2.56. The minimum absolute atomic E-state index is 0.107. The fourth-order valence-corrected chi connectivity index (χ4v) is 2.56. The maximum atomic E-state index is 11.0. The highest BCUT2D eigenvalue weighted by molar-refractivity contribution is 5.70. The summed E-state index contributed by atoms with van der Waals surface area (Å²) in [7, 11) is 0. The summed E-state index contributed by atoms with van der Waals surface area (Å²) in [6.07, 6.45) is 2.51. The molecule has 0 amide bonds. The second-order valence-corrected chi connectivity index (χ2v) is 4.70. The average molecular weight is 213 g/mol. The second-order valence-electron chi connectivity index (χ2n) is 4.70. The molecule has 1 spiro atoms. The van der Waals surface area contributed by atoms with Gasteiger partial charge in [0.25, 0.3) is 0 Å². The van der Waals surface area contributed by atoms with E-state index in [0.29, 0.717) is 24.5 Å². The quantitative estimate of drug-likeness (QED) is 0.678. The number of esters is 1. The Morgan fingerprint density at radius 2 is 2.20 bits per heavy atom. The summed E-state index contributed by atoms with van der Waals surface area (Å²) in [6.45, 7) is 5.39. The highest BCUT2D eigenvalue weighted by Gasteiger charge is 2.48. The first-order chi connectivity index (χ1) is 7.24. The molecule has 1 saturated carbocycles. The molecule has 4 heteroatoms. The Hall–Kier alpha value is -0.610. The Labute approximate surface area is 90.3 Å². The fraction of sp³-hybridized carbons (Fsp3) is 0.909. The number of carbonyl (C=O) groups is 1. The van der Waals surface area contributed by atoms with E-state index in [4.69, 9.17) is 9.47 Å². The van der Waals surface area contributed by atoms with Crippen molar-refractivity contribution in [1.82, 2.24) is 5.32 Å². The molecule has 15 heavy (non-hydrogen) atoms. The standard InChI is InChI=1S/C11H19NO3/c1-2-15-10(13)6-14-5-9-3-11(4-9)7-12-8-11/h9,12H,2-8H2,1H3. The first-order valence-electron chi connectivity index (χ1n) is 5.68. The smallest absolute Gasteiger partial charge is 0.332 e. The van der Waals surface area contributed by atoms with Crippen LogP contribution < -0.4 is 5.32 Å². The normalized spacial score (nSPS) is 23.3. The lowest BCUT2D eigenvalue weighted by Gasteiger charge is -2.54. The van der Waals surface area contributed by atoms with Crippen LogP contribution in [0.15, 0.2) is 0 Å². The lowest BCUT2D eigenvalue weighted by molar-refractivity contribution is -0.150. The van der Waals surface area contributed by atoms with Crippen molar-refractivity contribution in [1.29, 1.82) is 0 Å². The maximum Gasteiger partial charge on any atom is 0.332 e. The van der Waals surface area contributed by atoms with Gasteiger partial charge in [0.15, 0.2) is 0 Å². The number of rotatable bonds is 5. The Morgan fingerprint density at radius 3 is 2.73 bits per heavy atom. The Kier molecular flexibility index (Phi) is 3.26. The van der Waals surface area contributed by atoms with Gasteiger partial charge in [0, 0.05) is 13.1 Å². The highest BCUT2D eigenvalue weighted by Crippen LogP contribution is 2.48. The Balaban J connectivity index is 1.51. The molecule has 86 valence electrons. The van der Waals surface area contributed by atoms with Crippen LogP contribution in [0.4, 0.5) is 0 Å². The van der Waals surface area contributed by atoms with E-state index in [1.807, 2.05) is 0 Å². The van der Waals surface area contributed by atoms with Crippen LogP contribution in [0.1, 0.15) is 19.8 Å². The van der Waals surface area contributed by atoms with E-state index in [1.165, 1.54) is 25.9 Å². The van der Waals surface area contributed by atoms with Crippen LogP contribution >= 0.6 is 0 Å². The number of hydrogen-bond donors (Lipinski definition) is 1. The molecule has 1 aliphatic heterocycles. The molecule has 1 heterocycles. The zero-order chi connectivity index (χ0) is 10.7. The summed E-state index contributed by atoms with van der Waals surface area (Å²) in [4.78, 5) is 11.0. The second kappa shape index (κ2) is 4.49. The molecule has 4 nitrogen and oxygen atoms in total. The topological polar surface area (TPSA) is 47.6 Å². The molecule has 2 rings (SSSR count). The van der Waals surface area contributed by atoms with Gasteiger partial charge in [0.2, 0.25) is 0 Å². The van der Waals surface area contributed by atoms with Gasteiger partial charge < -0.3 is 14.8 Å². The van der Waals surface area contributed by atoms with Gasteiger partial charge in [-0.05, 0) is 31.1 Å². The van der Waals surface area contributed by atoms with Crippen LogP contribution in [0.2, 0.25) is 0 Å². The van der Waals surface area contributed by atoms with E-state index in [0.717, 1.165) is 0 Å². The summed E-state index contributed by atoms with van der Waals surface area (Å²) in [5.41, 5.74) is 0.595. The minimum atomic E-state index is -0.253. The van der Waals surface area contributed by atoms with Crippen LogP contribution in [0, 0.1) is 11.3 Å². The summed E-state index contributed by atoms with van der Waals surface area (Å²) < 4.78 is 10.1. The Morgan fingerprint density at radius 1 is 1.47 bits per heavy atom. The van der Waals surface area contributed by atoms with Crippen molar-refractivity contribution in [2.45, 2.75) is 19.8 Å². The van der Waals surface area contributed by atoms with Gasteiger partial charge in [-0.1, -0.05) is 0 Å². The predicted molar refractivity (Wildman–Crippen MR) is 55.5 cm³/mol. The molecule has 0 aromatic carbocycles. The van der Waals surface area contributed by atoms with E-state index in [9.17, 15) is 4.79 Å². The van der Waals surface area contributed by atoms with Crippen molar-refractivity contribution in [2.24, 2.45) is 11.3 Å². The number of carbonyl (C=O) groups excluding carboxylic acids is 1. The number of ether oxygens (including phenoxy) is 2. The average Bonchev–Trinajstić information content (AvgIpc) is 2.06. The van der Waals surface area contributed by atoms with E-state index in [-0.39, 0.29) is 12.6 Å². The van der Waals surface area contributed by atoms with Gasteiger partial charge in [0.1, 0.15) is 6.61 Å². The first kappa shape index (κ1) is 10.9. The molecule has 1 saturated heterocycles. The highest BCUT2D eigenvalue weighted by atomic mass is 16.6. The third-order valence-electron chi connectivity index (χ3n) is 3.32. The van der Waals surface area contributed by atoms with Gasteiger partial charge in [-0.2, -0.15) is 0 Å². The monoisotopic (exact) mass is 213 g/mol. The van der Waals surface area contributed by atoms with Crippen LogP contribution in [0.3, 0.4) is 0 Å². The SMILES string of the molecule is CCOC(=O)COCC1CC2(CNC2)C1. The zero-order valence-electron chi connectivity index (χ0n) is 9.25. The van der Waals surface area contributed by atoms with Gasteiger partial charge >= 0.3 is 5.97 Å². The summed E-state index contributed by atoms with van der Waals surface area (Å²) in [5, 5.41) is 3.30. The molecule has 1 aliphatic carbocycles. The minimum Gasteiger partial charge on any atom is -0.464 e. The van der Waals surface area contributed by atoms with E-state index in [2.05, 4.69) is 5.32 Å². The molecule has 0 radical (unpaired) electrons. The molecule has 0 unspecified atom stereocenters. The third-order valence-corrected chi connectivity index (χ3v) is 3.32. The van der Waals surface area contributed by atoms with Crippen LogP contribution in [-0.4, -0.2) is 38.9 Å². The zero-order valence-corrected chi connectivity index (χ0v) is 9.25. The van der Waals surface area contributed by atoms with Crippen LogP contribution in [0.5, 0.6) is 0 Å². The Bertz CT molecular complexity index is 230. The number of hydrogen-bond acceptors (Lipinski definition) is 4. The summed E-state index contributed by atoms with van der Waals surface area (Å²) in [5.74, 6) is 0.401. The molecule has 0 aromatic heterocycles. The molecular weight excluding hydrogens is 194 g/mol. The van der Waals surface area contributed by atoms with Crippen LogP contribution in [-0.2, 0) is 14.3 Å². The van der Waals surface area contributed by atoms with E-state index in [1.54, 1.807) is 6.92 Å². The van der Waals surface area contributed by atoms with Gasteiger partial charge in [0.05, 0.1) is 13.2 Å². The molecule has 0 atom stereocenters. The number of nitrogens with one attached hydrogen (secondary N) is 1. The summed E-state index contributed by atoms with van der Waals surface area (Å²) >= 11 is 0. The van der Waals surface area contributed by atoms with Crippen molar-refractivity contribution < 1.29 is 14.3 Å². The van der Waals surface area contributed by atoms with Crippen molar-refractivity contribution in [3.05, 3.63) is 0 Å². The molecule has 0 aromatic rings. The molecule has 1 N–H and O–H groups in total. The lowest BCUT2D eigenvalue weighted by Crippen LogP contribution is -2.60. The van der Waals surface area contributed by atoms with Gasteiger partial charge in [-0.3, -0.25) is 0 Å². The predicted octanol–water partition coefficient (Wildman–Crippen LogP) is 0.566. The van der Waals surface area contributed by atoms with Crippen molar-refractivity contribution in [2.75, 3.05) is 32.9 Å². The van der Waals surface area contributed by atoms with E-state index >= 15 is 0 Å². The van der Waals surface area contributed by atoms with E-state index < -0.39 is 0 Å². The molecule has 2 fully saturated rings. The van der Waals surface area contributed by atoms with Gasteiger partial charge in [-0.25, -0.2) is 4.79 Å². The van der Waals surface area contributed by atoms with Crippen molar-refractivity contribution in [3.8, 4) is 0 Å². The third kappa shape index (κ3) is 2.49. The summed E-state index contributed by atoms with van der Waals surface area (Å²) in [6, 6.07) is 0. The van der Waals surface area contributed by atoms with Gasteiger partial charge in [-0.15, -0.1) is 0 Å². The molecular formula is C11H19NO3. The van der Waals surface area contributed by atoms with Crippen molar-refractivity contribution >= 4 is 5.97 Å². The lowest BCUT2D eigenvalue weighted by atomic mass is 9.59. The molecule has 0 bridgehead atoms. The maximum absolute atomic E-state index is 11.0. The van der Waals surface area contributed by atoms with Crippen molar-refractivity contribution in [3.63, 3.8) is 0 Å². The largest absolute Gasteiger partial charge is 0.464 e.